The molecule has 0 radical (unpaired) electrons. The maximum atomic E-state index is 12.6. The fraction of sp³-hybridized carbons (Fsp3) is 0.500. The number of fused-ring (bicyclic) bond motifs is 1. The van der Waals surface area contributed by atoms with Crippen molar-refractivity contribution in [2.24, 2.45) is 0 Å². The number of amides is 1. The van der Waals surface area contributed by atoms with E-state index >= 15 is 0 Å². The molecule has 2 aliphatic heterocycles. The van der Waals surface area contributed by atoms with Crippen LogP contribution in [-0.4, -0.2) is 40.3 Å². The van der Waals surface area contributed by atoms with Crippen LogP contribution >= 0.6 is 0 Å². The average Bonchev–Trinajstić information content (AvgIpc) is 2.88. The van der Waals surface area contributed by atoms with Crippen molar-refractivity contribution in [2.75, 3.05) is 11.9 Å². The van der Waals surface area contributed by atoms with Gasteiger partial charge in [-0.2, -0.15) is 0 Å². The SMILES string of the molecule is [C-]#[N+][C@@H]1C[C@]2(CN1C(C)C)Oc1c(CO)cccc1NC2=O. The van der Waals surface area contributed by atoms with Crippen LogP contribution in [0.15, 0.2) is 18.2 Å². The Hall–Kier alpha value is -2.10. The molecule has 0 aliphatic carbocycles. The number of benzene rings is 1. The molecule has 0 aromatic heterocycles. The summed E-state index contributed by atoms with van der Waals surface area (Å²) in [5.41, 5.74) is 0.154. The zero-order valence-electron chi connectivity index (χ0n) is 12.7. The van der Waals surface area contributed by atoms with Crippen LogP contribution in [0.25, 0.3) is 4.85 Å². The zero-order chi connectivity index (χ0) is 15.9. The second-order valence-corrected chi connectivity index (χ2v) is 6.08. The highest BCUT2D eigenvalue weighted by Gasteiger charge is 2.57. The number of aliphatic hydroxyl groups excluding tert-OH is 1. The lowest BCUT2D eigenvalue weighted by atomic mass is 9.97. The predicted molar refractivity (Wildman–Crippen MR) is 81.2 cm³/mol. The molecule has 2 atom stereocenters. The van der Waals surface area contributed by atoms with Crippen LogP contribution in [0.4, 0.5) is 5.69 Å². The molecule has 6 nitrogen and oxygen atoms in total. The van der Waals surface area contributed by atoms with Crippen molar-refractivity contribution in [1.29, 1.82) is 0 Å². The van der Waals surface area contributed by atoms with Crippen LogP contribution < -0.4 is 10.1 Å². The molecule has 3 rings (SSSR count). The van der Waals surface area contributed by atoms with Gasteiger partial charge in [0, 0.05) is 11.6 Å². The monoisotopic (exact) mass is 301 g/mol. The van der Waals surface area contributed by atoms with Crippen LogP contribution in [-0.2, 0) is 11.4 Å². The van der Waals surface area contributed by atoms with Crippen molar-refractivity contribution in [2.45, 2.75) is 44.7 Å². The van der Waals surface area contributed by atoms with E-state index in [1.807, 2.05) is 18.7 Å². The summed E-state index contributed by atoms with van der Waals surface area (Å²) in [4.78, 5) is 18.2. The quantitative estimate of drug-likeness (QED) is 0.815. The number of nitrogens with one attached hydrogen (secondary N) is 1. The molecule has 1 aromatic carbocycles. The van der Waals surface area contributed by atoms with Crippen molar-refractivity contribution in [3.8, 4) is 5.75 Å². The summed E-state index contributed by atoms with van der Waals surface area (Å²) in [7, 11) is 0. The van der Waals surface area contributed by atoms with E-state index < -0.39 is 5.60 Å². The number of para-hydroxylation sites is 1. The lowest BCUT2D eigenvalue weighted by molar-refractivity contribution is -0.131. The number of hydrogen-bond acceptors (Lipinski definition) is 4. The first-order valence-corrected chi connectivity index (χ1v) is 7.36. The summed E-state index contributed by atoms with van der Waals surface area (Å²) in [5.74, 6) is 0.297. The Morgan fingerprint density at radius 1 is 1.59 bits per heavy atom. The van der Waals surface area contributed by atoms with Crippen LogP contribution in [0.5, 0.6) is 5.75 Å². The second kappa shape index (κ2) is 5.27. The highest BCUT2D eigenvalue weighted by atomic mass is 16.5. The molecule has 0 unspecified atom stereocenters. The average molecular weight is 301 g/mol. The summed E-state index contributed by atoms with van der Waals surface area (Å²) in [6.07, 6.45) is -0.0340. The van der Waals surface area contributed by atoms with Gasteiger partial charge in [-0.05, 0) is 19.9 Å². The fourth-order valence-corrected chi connectivity index (χ4v) is 3.17. The molecular weight excluding hydrogens is 282 g/mol. The number of hydrogen-bond donors (Lipinski definition) is 2. The van der Waals surface area contributed by atoms with Crippen LogP contribution in [0.3, 0.4) is 0 Å². The summed E-state index contributed by atoms with van der Waals surface area (Å²) >= 11 is 0. The smallest absolute Gasteiger partial charge is 0.284 e. The Morgan fingerprint density at radius 2 is 2.36 bits per heavy atom. The van der Waals surface area contributed by atoms with Gasteiger partial charge in [0.1, 0.15) is 5.75 Å². The van der Waals surface area contributed by atoms with E-state index in [-0.39, 0.29) is 24.7 Å². The summed E-state index contributed by atoms with van der Waals surface area (Å²) in [5, 5.41) is 12.3. The normalized spacial score (nSPS) is 27.4. The Morgan fingerprint density at radius 3 is 2.95 bits per heavy atom. The third-order valence-corrected chi connectivity index (χ3v) is 4.37. The lowest BCUT2D eigenvalue weighted by Gasteiger charge is -2.35. The lowest BCUT2D eigenvalue weighted by Crippen LogP contribution is -2.53. The number of aliphatic hydroxyl groups is 1. The summed E-state index contributed by atoms with van der Waals surface area (Å²) < 4.78 is 6.07. The fourth-order valence-electron chi connectivity index (χ4n) is 3.17. The van der Waals surface area contributed by atoms with Crippen molar-refractivity contribution >= 4 is 11.6 Å². The van der Waals surface area contributed by atoms with Gasteiger partial charge in [0.05, 0.1) is 25.3 Å². The van der Waals surface area contributed by atoms with Gasteiger partial charge in [-0.25, -0.2) is 11.5 Å². The minimum atomic E-state index is -1.06. The highest BCUT2D eigenvalue weighted by Crippen LogP contribution is 2.42. The zero-order valence-corrected chi connectivity index (χ0v) is 12.7. The van der Waals surface area contributed by atoms with Gasteiger partial charge in [0.25, 0.3) is 12.1 Å². The number of carbonyl (C=O) groups is 1. The number of ether oxygens (including phenoxy) is 1. The molecule has 2 heterocycles. The van der Waals surface area contributed by atoms with Crippen LogP contribution in [0, 0.1) is 6.57 Å². The summed E-state index contributed by atoms with van der Waals surface area (Å²) in [6.45, 7) is 11.6. The minimum absolute atomic E-state index is 0.157. The van der Waals surface area contributed by atoms with E-state index in [0.717, 1.165) is 0 Å². The number of nitrogens with zero attached hydrogens (tertiary/aromatic N) is 2. The largest absolute Gasteiger partial charge is 0.473 e. The number of rotatable bonds is 2. The van der Waals surface area contributed by atoms with Gasteiger partial charge in [0.2, 0.25) is 5.60 Å². The first kappa shape index (κ1) is 14.8. The Labute approximate surface area is 129 Å². The molecule has 2 N–H and O–H groups in total. The molecule has 1 spiro atoms. The van der Waals surface area contributed by atoms with E-state index in [1.54, 1.807) is 18.2 Å². The topological polar surface area (TPSA) is 66.2 Å². The molecule has 1 amide bonds. The molecule has 0 bridgehead atoms. The van der Waals surface area contributed by atoms with Gasteiger partial charge in [-0.3, -0.25) is 9.64 Å². The van der Waals surface area contributed by atoms with Gasteiger partial charge < -0.3 is 15.2 Å². The van der Waals surface area contributed by atoms with E-state index in [9.17, 15) is 9.90 Å². The Bertz CT molecular complexity index is 653. The molecule has 2 aliphatic rings. The highest BCUT2D eigenvalue weighted by molar-refractivity contribution is 6.01. The van der Waals surface area contributed by atoms with Gasteiger partial charge in [-0.1, -0.05) is 12.1 Å². The standard InChI is InChI=1S/C16H19N3O3/c1-10(2)19-9-16(7-13(19)17-3)15(21)18-12-6-4-5-11(8-20)14(12)22-16/h4-6,10,13,20H,7-9H2,1-2H3,(H,18,21)/t13-,16+/m0/s1. The molecule has 1 fully saturated rings. The maximum absolute atomic E-state index is 12.6. The first-order valence-electron chi connectivity index (χ1n) is 7.36. The third-order valence-electron chi connectivity index (χ3n) is 4.37. The summed E-state index contributed by atoms with van der Waals surface area (Å²) in [6, 6.07) is 5.44. The van der Waals surface area contributed by atoms with E-state index in [0.29, 0.717) is 30.0 Å². The Balaban J connectivity index is 1.99. The minimum Gasteiger partial charge on any atom is -0.473 e. The van der Waals surface area contributed by atoms with Crippen molar-refractivity contribution in [1.82, 2.24) is 4.90 Å². The number of carbonyl (C=O) groups excluding carboxylic acids is 1. The van der Waals surface area contributed by atoms with E-state index in [1.165, 1.54) is 0 Å². The molecule has 6 heteroatoms. The molecule has 0 saturated carbocycles. The molecule has 116 valence electrons. The van der Waals surface area contributed by atoms with E-state index in [2.05, 4.69) is 10.2 Å². The molecular formula is C16H19N3O3. The van der Waals surface area contributed by atoms with Gasteiger partial charge in [-0.15, -0.1) is 0 Å². The maximum Gasteiger partial charge on any atom is 0.284 e. The van der Waals surface area contributed by atoms with Crippen molar-refractivity contribution in [3.63, 3.8) is 0 Å². The number of likely N-dealkylation sites (tertiary alicyclic amines) is 1. The molecule has 1 aromatic rings. The molecule has 1 saturated heterocycles. The first-order chi connectivity index (χ1) is 10.5. The second-order valence-electron chi connectivity index (χ2n) is 6.08. The predicted octanol–water partition coefficient (Wildman–Crippen LogP) is 1.61. The van der Waals surface area contributed by atoms with Crippen molar-refractivity contribution < 1.29 is 14.6 Å². The van der Waals surface area contributed by atoms with Gasteiger partial charge in [0.15, 0.2) is 0 Å². The number of anilines is 1. The molecule has 22 heavy (non-hydrogen) atoms. The van der Waals surface area contributed by atoms with Crippen LogP contribution in [0.2, 0.25) is 0 Å². The van der Waals surface area contributed by atoms with Crippen LogP contribution in [0.1, 0.15) is 25.8 Å². The van der Waals surface area contributed by atoms with E-state index in [4.69, 9.17) is 11.3 Å². The Kier molecular flexibility index (Phi) is 3.55. The van der Waals surface area contributed by atoms with Crippen molar-refractivity contribution in [3.05, 3.63) is 35.2 Å². The third kappa shape index (κ3) is 2.14. The van der Waals surface area contributed by atoms with Gasteiger partial charge >= 0.3 is 0 Å².